The van der Waals surface area contributed by atoms with Gasteiger partial charge in [0.15, 0.2) is 0 Å². The number of aliphatic hydroxyl groups excluding tert-OH is 2. The van der Waals surface area contributed by atoms with Gasteiger partial charge in [-0.3, -0.25) is 9.97 Å². The summed E-state index contributed by atoms with van der Waals surface area (Å²) in [6.07, 6.45) is 3.29. The molecule has 3 aromatic heterocycles. The summed E-state index contributed by atoms with van der Waals surface area (Å²) in [6.45, 7) is -0.187. The van der Waals surface area contributed by atoms with E-state index in [-0.39, 0.29) is 38.1 Å². The number of nitrogens with zero attached hydrogens (tertiary/aromatic N) is 4. The maximum absolute atomic E-state index is 9.39. The van der Waals surface area contributed by atoms with E-state index in [0.717, 1.165) is 0 Å². The number of aromatic nitrogens is 2. The van der Waals surface area contributed by atoms with Crippen LogP contribution in [0, 0.1) is 0 Å². The van der Waals surface area contributed by atoms with Gasteiger partial charge in [-0.25, -0.2) is 9.98 Å². The predicted molar refractivity (Wildman–Crippen MR) is 164 cm³/mol. The Balaban J connectivity index is 1.46. The second-order valence-electron chi connectivity index (χ2n) is 9.09. The van der Waals surface area contributed by atoms with Gasteiger partial charge in [0.1, 0.15) is 59.3 Å². The van der Waals surface area contributed by atoms with Crippen LogP contribution in [0.25, 0.3) is 22.6 Å². The molecule has 6 N–H and O–H groups in total. The monoisotopic (exact) mass is 578 g/mol. The Morgan fingerprint density at radius 3 is 1.51 bits per heavy atom. The molecule has 218 valence electrons. The van der Waals surface area contributed by atoms with E-state index in [9.17, 15) is 10.2 Å². The highest BCUT2D eigenvalue weighted by Gasteiger charge is 2.17. The Hall–Kier alpha value is -5.52. The molecular formula is C32H30N6O5. The standard InChI is InChI=1S/C32H30N6O5/c33-31(25-5-1-3-13-35-25)37-21-7-9-23(29(19-21)41-17-15-39)27-11-12-28(43-27)24-10-8-22(20-30(24)42-18-16-40)38-32(34)26-6-2-4-14-36-26/h1-14,19-20,39-40H,15-18H2,(H2,33,37)(H2,34,38). The van der Waals surface area contributed by atoms with Crippen LogP contribution in [0.2, 0.25) is 0 Å². The number of furan rings is 1. The van der Waals surface area contributed by atoms with Gasteiger partial charge >= 0.3 is 0 Å². The smallest absolute Gasteiger partial charge is 0.150 e. The van der Waals surface area contributed by atoms with Crippen LogP contribution in [-0.2, 0) is 0 Å². The molecule has 5 rings (SSSR count). The SMILES string of the molecule is NC(=Nc1ccc(-c2ccc(-c3ccc(N=C(N)c4ccccn4)cc3OCCO)o2)c(OCCO)c1)c1ccccn1. The van der Waals surface area contributed by atoms with Crippen LogP contribution in [0.5, 0.6) is 11.5 Å². The number of aliphatic hydroxyl groups is 2. The molecule has 5 aromatic rings. The van der Waals surface area contributed by atoms with Crippen molar-refractivity contribution in [2.24, 2.45) is 21.5 Å². The van der Waals surface area contributed by atoms with E-state index in [1.165, 1.54) is 0 Å². The second kappa shape index (κ2) is 13.9. The third-order valence-electron chi connectivity index (χ3n) is 6.12. The molecule has 0 spiro atoms. The molecule has 11 heteroatoms. The van der Waals surface area contributed by atoms with E-state index >= 15 is 0 Å². The van der Waals surface area contributed by atoms with Gasteiger partial charge in [0.2, 0.25) is 0 Å². The lowest BCUT2D eigenvalue weighted by molar-refractivity contribution is 0.201. The number of hydrogen-bond donors (Lipinski definition) is 4. The van der Waals surface area contributed by atoms with Gasteiger partial charge in [-0.2, -0.15) is 0 Å². The molecule has 0 fully saturated rings. The Labute approximate surface area is 247 Å². The summed E-state index contributed by atoms with van der Waals surface area (Å²) in [4.78, 5) is 17.4. The lowest BCUT2D eigenvalue weighted by Gasteiger charge is -2.12. The molecule has 0 bridgehead atoms. The normalized spacial score (nSPS) is 11.9. The molecular weight excluding hydrogens is 548 g/mol. The van der Waals surface area contributed by atoms with Crippen LogP contribution in [0.4, 0.5) is 11.4 Å². The third-order valence-corrected chi connectivity index (χ3v) is 6.12. The molecule has 0 unspecified atom stereocenters. The fourth-order valence-electron chi connectivity index (χ4n) is 4.17. The van der Waals surface area contributed by atoms with E-state index in [1.807, 2.05) is 24.3 Å². The van der Waals surface area contributed by atoms with Gasteiger partial charge in [-0.1, -0.05) is 12.1 Å². The maximum Gasteiger partial charge on any atom is 0.150 e. The molecule has 0 saturated heterocycles. The van der Waals surface area contributed by atoms with Crippen molar-refractivity contribution in [3.8, 4) is 34.1 Å². The average Bonchev–Trinajstić information content (AvgIpc) is 3.53. The number of amidine groups is 2. The highest BCUT2D eigenvalue weighted by molar-refractivity contribution is 5.98. The van der Waals surface area contributed by atoms with E-state index in [2.05, 4.69) is 20.0 Å². The van der Waals surface area contributed by atoms with Crippen LogP contribution in [-0.4, -0.2) is 58.3 Å². The number of nitrogens with two attached hydrogens (primary N) is 2. The molecule has 0 saturated carbocycles. The van der Waals surface area contributed by atoms with Crippen LogP contribution in [0.3, 0.4) is 0 Å². The zero-order valence-electron chi connectivity index (χ0n) is 23.1. The van der Waals surface area contributed by atoms with Gasteiger partial charge in [0, 0.05) is 24.5 Å². The van der Waals surface area contributed by atoms with Gasteiger partial charge in [0.25, 0.3) is 0 Å². The minimum Gasteiger partial charge on any atom is -0.490 e. The number of ether oxygens (including phenoxy) is 2. The number of pyridine rings is 2. The maximum atomic E-state index is 9.39. The van der Waals surface area contributed by atoms with Crippen LogP contribution in [0.1, 0.15) is 11.4 Å². The Bertz CT molecular complexity index is 1600. The molecule has 11 nitrogen and oxygen atoms in total. The van der Waals surface area contributed by atoms with E-state index < -0.39 is 0 Å². The fraction of sp³-hybridized carbons (Fsp3) is 0.125. The van der Waals surface area contributed by atoms with Gasteiger partial charge in [-0.15, -0.1) is 0 Å². The summed E-state index contributed by atoms with van der Waals surface area (Å²) in [7, 11) is 0. The van der Waals surface area contributed by atoms with E-state index in [0.29, 0.717) is 56.9 Å². The number of hydrogen-bond acceptors (Lipinski definition) is 9. The van der Waals surface area contributed by atoms with Crippen molar-refractivity contribution < 1.29 is 24.1 Å². The molecule has 43 heavy (non-hydrogen) atoms. The van der Waals surface area contributed by atoms with Gasteiger partial charge in [0.05, 0.1) is 35.7 Å². The zero-order valence-corrected chi connectivity index (χ0v) is 23.1. The first-order chi connectivity index (χ1) is 21.1. The Morgan fingerprint density at radius 2 is 1.12 bits per heavy atom. The second-order valence-corrected chi connectivity index (χ2v) is 9.09. The van der Waals surface area contributed by atoms with Crippen molar-refractivity contribution in [3.05, 3.63) is 109 Å². The van der Waals surface area contributed by atoms with Crippen molar-refractivity contribution in [1.29, 1.82) is 0 Å². The van der Waals surface area contributed by atoms with E-state index in [1.54, 1.807) is 73.1 Å². The summed E-state index contributed by atoms with van der Waals surface area (Å²) in [5.74, 6) is 2.46. The van der Waals surface area contributed by atoms with Crippen molar-refractivity contribution >= 4 is 23.0 Å². The molecule has 0 amide bonds. The molecule has 0 aliphatic heterocycles. The number of rotatable bonds is 12. The summed E-state index contributed by atoms with van der Waals surface area (Å²) < 4.78 is 17.9. The topological polar surface area (TPSA) is 175 Å². The minimum absolute atomic E-state index is 0.0756. The van der Waals surface area contributed by atoms with Crippen LogP contribution >= 0.6 is 0 Å². The molecule has 2 aromatic carbocycles. The van der Waals surface area contributed by atoms with Crippen molar-refractivity contribution in [3.63, 3.8) is 0 Å². The Kier molecular flexibility index (Phi) is 9.37. The van der Waals surface area contributed by atoms with Crippen molar-refractivity contribution in [2.75, 3.05) is 26.4 Å². The predicted octanol–water partition coefficient (Wildman–Crippen LogP) is 4.22. The first kappa shape index (κ1) is 29.0. The first-order valence-corrected chi connectivity index (χ1v) is 13.4. The largest absolute Gasteiger partial charge is 0.490 e. The van der Waals surface area contributed by atoms with Crippen LogP contribution in [0.15, 0.2) is 112 Å². The zero-order chi connectivity index (χ0) is 30.0. The van der Waals surface area contributed by atoms with Crippen molar-refractivity contribution in [2.45, 2.75) is 0 Å². The van der Waals surface area contributed by atoms with Crippen molar-refractivity contribution in [1.82, 2.24) is 9.97 Å². The third kappa shape index (κ3) is 7.22. The summed E-state index contributed by atoms with van der Waals surface area (Å²) in [6, 6.07) is 25.0. The van der Waals surface area contributed by atoms with Gasteiger partial charge < -0.3 is 35.6 Å². The first-order valence-electron chi connectivity index (χ1n) is 13.4. The lowest BCUT2D eigenvalue weighted by atomic mass is 10.1. The summed E-state index contributed by atoms with van der Waals surface area (Å²) in [5.41, 5.74) is 15.8. The quantitative estimate of drug-likeness (QED) is 0.125. The molecule has 0 aliphatic rings. The highest BCUT2D eigenvalue weighted by Crippen LogP contribution is 2.40. The fourth-order valence-corrected chi connectivity index (χ4v) is 4.17. The number of benzene rings is 2. The molecule has 0 radical (unpaired) electrons. The summed E-state index contributed by atoms with van der Waals surface area (Å²) >= 11 is 0. The average molecular weight is 579 g/mol. The minimum atomic E-state index is -0.169. The van der Waals surface area contributed by atoms with Gasteiger partial charge in [-0.05, 0) is 60.7 Å². The van der Waals surface area contributed by atoms with Crippen LogP contribution < -0.4 is 20.9 Å². The molecule has 0 aliphatic carbocycles. The Morgan fingerprint density at radius 1 is 0.651 bits per heavy atom. The number of aliphatic imine (C=N–C) groups is 2. The highest BCUT2D eigenvalue weighted by atomic mass is 16.5. The molecule has 3 heterocycles. The lowest BCUT2D eigenvalue weighted by Crippen LogP contribution is -2.14. The van der Waals surface area contributed by atoms with E-state index in [4.69, 9.17) is 25.4 Å². The molecule has 0 atom stereocenters. The summed E-state index contributed by atoms with van der Waals surface area (Å²) in [5, 5.41) is 18.8.